The maximum Gasteiger partial charge on any atom is 0.322 e. The van der Waals surface area contributed by atoms with Crippen molar-refractivity contribution in [2.75, 3.05) is 11.9 Å². The van der Waals surface area contributed by atoms with E-state index in [1.807, 2.05) is 67.7 Å². The van der Waals surface area contributed by atoms with Crippen LogP contribution in [-0.2, 0) is 13.0 Å². The molecule has 0 aliphatic carbocycles. The Morgan fingerprint density at radius 1 is 1.06 bits per heavy atom. The van der Waals surface area contributed by atoms with Gasteiger partial charge >= 0.3 is 6.03 Å². The van der Waals surface area contributed by atoms with E-state index < -0.39 is 0 Å². The number of nitrogens with one attached hydrogen (secondary N) is 1. The largest absolute Gasteiger partial charge is 0.455 e. The van der Waals surface area contributed by atoms with Crippen LogP contribution in [0.3, 0.4) is 0 Å². The summed E-state index contributed by atoms with van der Waals surface area (Å²) in [4.78, 5) is 24.0. The van der Waals surface area contributed by atoms with Gasteiger partial charge in [-0.1, -0.05) is 30.3 Å². The third-order valence-electron chi connectivity index (χ3n) is 5.34. The molecule has 0 spiro atoms. The summed E-state index contributed by atoms with van der Waals surface area (Å²) in [6.07, 6.45) is 2.54. The second kappa shape index (κ2) is 8.07. The van der Waals surface area contributed by atoms with Crippen molar-refractivity contribution in [3.8, 4) is 11.5 Å². The van der Waals surface area contributed by atoms with E-state index >= 15 is 0 Å². The number of nitrogens with zero attached hydrogens (tertiary/aromatic N) is 3. The number of ether oxygens (including phenoxy) is 1. The van der Waals surface area contributed by atoms with Crippen LogP contribution in [-0.4, -0.2) is 27.4 Å². The zero-order valence-corrected chi connectivity index (χ0v) is 17.2. The average Bonchev–Trinajstić information content (AvgIpc) is 2.79. The van der Waals surface area contributed by atoms with Crippen molar-refractivity contribution in [3.63, 3.8) is 0 Å². The Hall–Kier alpha value is -3.93. The minimum absolute atomic E-state index is 0.155. The van der Waals surface area contributed by atoms with Gasteiger partial charge in [0.05, 0.1) is 5.69 Å². The number of aryl methyl sites for hydroxylation is 1. The maximum atomic E-state index is 13.0. The summed E-state index contributed by atoms with van der Waals surface area (Å²) in [7, 11) is 0. The van der Waals surface area contributed by atoms with Gasteiger partial charge in [-0.2, -0.15) is 0 Å². The number of rotatable bonds is 3. The van der Waals surface area contributed by atoms with Crippen molar-refractivity contribution in [1.82, 2.24) is 14.9 Å². The Morgan fingerprint density at radius 3 is 2.74 bits per heavy atom. The predicted octanol–water partition coefficient (Wildman–Crippen LogP) is 5.32. The van der Waals surface area contributed by atoms with Crippen molar-refractivity contribution in [3.05, 3.63) is 89.7 Å². The van der Waals surface area contributed by atoms with Crippen molar-refractivity contribution in [1.29, 1.82) is 0 Å². The fraction of sp³-hybridized carbons (Fsp3) is 0.160. The van der Waals surface area contributed by atoms with E-state index in [2.05, 4.69) is 22.4 Å². The van der Waals surface area contributed by atoms with Crippen LogP contribution in [0.2, 0.25) is 0 Å². The van der Waals surface area contributed by atoms with Crippen molar-refractivity contribution in [2.45, 2.75) is 19.9 Å². The SMILES string of the molecule is Cc1cnc2nc3c(cc2c1)CN(C(=O)Nc1ccccc1Oc1ccccc1)CC3. The second-order valence-corrected chi connectivity index (χ2v) is 7.67. The molecule has 0 fully saturated rings. The van der Waals surface area contributed by atoms with Gasteiger partial charge in [-0.3, -0.25) is 0 Å². The number of para-hydroxylation sites is 3. The molecular weight excluding hydrogens is 388 g/mol. The fourth-order valence-electron chi connectivity index (χ4n) is 3.78. The zero-order valence-electron chi connectivity index (χ0n) is 17.2. The third kappa shape index (κ3) is 4.05. The number of carbonyl (C=O) groups excluding carboxylic acids is 1. The lowest BCUT2D eigenvalue weighted by Crippen LogP contribution is -2.39. The van der Waals surface area contributed by atoms with Crippen molar-refractivity contribution < 1.29 is 9.53 Å². The van der Waals surface area contributed by atoms with Crippen LogP contribution >= 0.6 is 0 Å². The highest BCUT2D eigenvalue weighted by Crippen LogP contribution is 2.30. The number of carbonyl (C=O) groups is 1. The van der Waals surface area contributed by atoms with Gasteiger partial charge in [0, 0.05) is 36.8 Å². The van der Waals surface area contributed by atoms with E-state index in [1.54, 1.807) is 4.90 Å². The molecule has 1 N–H and O–H groups in total. The Labute approximate surface area is 180 Å². The van der Waals surface area contributed by atoms with E-state index in [4.69, 9.17) is 9.72 Å². The van der Waals surface area contributed by atoms with Gasteiger partial charge < -0.3 is 15.0 Å². The van der Waals surface area contributed by atoms with Crippen molar-refractivity contribution >= 4 is 22.8 Å². The molecule has 1 aliphatic heterocycles. The lowest BCUT2D eigenvalue weighted by Gasteiger charge is -2.29. The van der Waals surface area contributed by atoms with Crippen LogP contribution in [0.4, 0.5) is 10.5 Å². The number of aromatic nitrogens is 2. The van der Waals surface area contributed by atoms with Gasteiger partial charge in [-0.05, 0) is 54.4 Å². The summed E-state index contributed by atoms with van der Waals surface area (Å²) < 4.78 is 5.96. The van der Waals surface area contributed by atoms with E-state index in [0.717, 1.165) is 33.6 Å². The number of pyridine rings is 2. The third-order valence-corrected chi connectivity index (χ3v) is 5.34. The molecular formula is C25H22N4O2. The Kier molecular flexibility index (Phi) is 4.96. The van der Waals surface area contributed by atoms with Crippen LogP contribution in [0.5, 0.6) is 11.5 Å². The maximum absolute atomic E-state index is 13.0. The molecule has 0 atom stereocenters. The van der Waals surface area contributed by atoms with Gasteiger partial charge in [0.2, 0.25) is 0 Å². The van der Waals surface area contributed by atoms with Gasteiger partial charge in [0.25, 0.3) is 0 Å². The molecule has 0 bridgehead atoms. The summed E-state index contributed by atoms with van der Waals surface area (Å²) >= 11 is 0. The number of hydrogen-bond acceptors (Lipinski definition) is 4. The molecule has 6 heteroatoms. The number of fused-ring (bicyclic) bond motifs is 2. The molecule has 154 valence electrons. The summed E-state index contributed by atoms with van der Waals surface area (Å²) in [5, 5.41) is 4.01. The monoisotopic (exact) mass is 410 g/mol. The molecule has 4 aromatic rings. The highest BCUT2D eigenvalue weighted by atomic mass is 16.5. The number of urea groups is 1. The van der Waals surface area contributed by atoms with E-state index in [-0.39, 0.29) is 6.03 Å². The molecule has 2 amide bonds. The minimum Gasteiger partial charge on any atom is -0.455 e. The molecule has 0 saturated carbocycles. The van der Waals surface area contributed by atoms with Gasteiger partial charge in [-0.25, -0.2) is 14.8 Å². The molecule has 6 nitrogen and oxygen atoms in total. The zero-order chi connectivity index (χ0) is 21.2. The molecule has 31 heavy (non-hydrogen) atoms. The summed E-state index contributed by atoms with van der Waals surface area (Å²) in [6, 6.07) is 21.0. The summed E-state index contributed by atoms with van der Waals surface area (Å²) in [5.74, 6) is 1.33. The lowest BCUT2D eigenvalue weighted by atomic mass is 10.0. The standard InChI is InChI=1S/C25H22N4O2/c1-17-13-18-14-19-16-29(12-11-21(19)27-24(18)26-15-17)25(30)28-22-9-5-6-10-23(22)31-20-7-3-2-4-8-20/h2-10,13-15H,11-12,16H2,1H3,(H,28,30). The first-order valence-electron chi connectivity index (χ1n) is 10.3. The molecule has 1 aliphatic rings. The number of hydrogen-bond donors (Lipinski definition) is 1. The topological polar surface area (TPSA) is 67.4 Å². The van der Waals surface area contributed by atoms with E-state index in [9.17, 15) is 4.79 Å². The smallest absolute Gasteiger partial charge is 0.322 e. The fourth-order valence-corrected chi connectivity index (χ4v) is 3.78. The number of benzene rings is 2. The van der Waals surface area contributed by atoms with E-state index in [0.29, 0.717) is 30.9 Å². The quantitative estimate of drug-likeness (QED) is 0.496. The van der Waals surface area contributed by atoms with Gasteiger partial charge in [0.1, 0.15) is 5.75 Å². The number of anilines is 1. The van der Waals surface area contributed by atoms with Gasteiger partial charge in [0.15, 0.2) is 11.4 Å². The Bertz CT molecular complexity index is 1260. The first kappa shape index (κ1) is 19.1. The molecule has 0 saturated heterocycles. The second-order valence-electron chi connectivity index (χ2n) is 7.67. The summed E-state index contributed by atoms with van der Waals surface area (Å²) in [6.45, 7) is 3.13. The van der Waals surface area contributed by atoms with Crippen LogP contribution in [0.15, 0.2) is 72.9 Å². The minimum atomic E-state index is -0.155. The Morgan fingerprint density at radius 2 is 1.87 bits per heavy atom. The van der Waals surface area contributed by atoms with Crippen molar-refractivity contribution in [2.24, 2.45) is 0 Å². The first-order chi connectivity index (χ1) is 15.2. The van der Waals surface area contributed by atoms with Gasteiger partial charge in [-0.15, -0.1) is 0 Å². The molecule has 2 aromatic carbocycles. The lowest BCUT2D eigenvalue weighted by molar-refractivity contribution is 0.206. The highest BCUT2D eigenvalue weighted by molar-refractivity contribution is 5.91. The van der Waals surface area contributed by atoms with Crippen LogP contribution < -0.4 is 10.1 Å². The normalized spacial score (nSPS) is 13.0. The molecule has 3 heterocycles. The molecule has 2 aromatic heterocycles. The van der Waals surface area contributed by atoms with Crippen LogP contribution in [0.25, 0.3) is 11.0 Å². The van der Waals surface area contributed by atoms with E-state index in [1.165, 1.54) is 0 Å². The highest BCUT2D eigenvalue weighted by Gasteiger charge is 2.23. The first-order valence-corrected chi connectivity index (χ1v) is 10.3. The predicted molar refractivity (Wildman–Crippen MR) is 120 cm³/mol. The van der Waals surface area contributed by atoms with Crippen LogP contribution in [0.1, 0.15) is 16.8 Å². The summed E-state index contributed by atoms with van der Waals surface area (Å²) in [5.41, 5.74) is 4.57. The Balaban J connectivity index is 1.34. The molecule has 5 rings (SSSR count). The molecule has 0 radical (unpaired) electrons. The van der Waals surface area contributed by atoms with Crippen LogP contribution in [0, 0.1) is 6.92 Å². The molecule has 0 unspecified atom stereocenters. The number of amides is 2. The average molecular weight is 410 g/mol.